The van der Waals surface area contributed by atoms with Crippen molar-refractivity contribution < 1.29 is 18.7 Å². The van der Waals surface area contributed by atoms with Gasteiger partial charge in [-0.15, -0.1) is 24.0 Å². The zero-order chi connectivity index (χ0) is 22.9. The van der Waals surface area contributed by atoms with E-state index in [1.54, 1.807) is 33.4 Å². The first-order valence-corrected chi connectivity index (χ1v) is 10.5. The van der Waals surface area contributed by atoms with Crippen LogP contribution in [0.25, 0.3) is 0 Å². The van der Waals surface area contributed by atoms with E-state index < -0.39 is 5.82 Å². The molecule has 2 aromatic rings. The van der Waals surface area contributed by atoms with Crippen molar-refractivity contribution >= 4 is 41.5 Å². The normalized spacial score (nSPS) is 14.3. The molecule has 2 aromatic carbocycles. The van der Waals surface area contributed by atoms with Crippen LogP contribution in [0, 0.1) is 5.82 Å². The largest absolute Gasteiger partial charge is 0.497 e. The van der Waals surface area contributed by atoms with Crippen LogP contribution in [-0.2, 0) is 11.3 Å². The summed E-state index contributed by atoms with van der Waals surface area (Å²) in [6, 6.07) is 11.6. The fourth-order valence-electron chi connectivity index (χ4n) is 3.63. The summed E-state index contributed by atoms with van der Waals surface area (Å²) in [6.45, 7) is 4.04. The average Bonchev–Trinajstić information content (AvgIpc) is 2.80. The van der Waals surface area contributed by atoms with Crippen LogP contribution in [0.5, 0.6) is 11.5 Å². The van der Waals surface area contributed by atoms with Gasteiger partial charge in [0.2, 0.25) is 5.91 Å². The zero-order valence-corrected chi connectivity index (χ0v) is 21.5. The Bertz CT molecular complexity index is 951. The first kappa shape index (κ1) is 26.7. The van der Waals surface area contributed by atoms with Crippen LogP contribution in [0.2, 0.25) is 0 Å². The quantitative estimate of drug-likeness (QED) is 0.303. The van der Waals surface area contributed by atoms with Gasteiger partial charge in [-0.3, -0.25) is 14.7 Å². The minimum Gasteiger partial charge on any atom is -0.497 e. The van der Waals surface area contributed by atoms with Crippen LogP contribution >= 0.6 is 24.0 Å². The molecule has 0 atom stereocenters. The zero-order valence-electron chi connectivity index (χ0n) is 19.1. The maximum atomic E-state index is 13.3. The molecule has 1 aliphatic rings. The Morgan fingerprint density at radius 1 is 1.09 bits per heavy atom. The summed E-state index contributed by atoms with van der Waals surface area (Å²) in [5, 5.41) is 5.76. The fourth-order valence-corrected chi connectivity index (χ4v) is 3.63. The minimum atomic E-state index is -0.393. The SMILES string of the molecule is CN=C(NCC(=O)Nc1cccc(F)c1)N1CCN(Cc2cc(OC)ccc2OC)CC1.I. The molecule has 0 bridgehead atoms. The number of nitrogens with zero attached hydrogens (tertiary/aromatic N) is 3. The summed E-state index contributed by atoms with van der Waals surface area (Å²) in [5.41, 5.74) is 1.50. The average molecular weight is 571 g/mol. The lowest BCUT2D eigenvalue weighted by atomic mass is 10.1. The summed E-state index contributed by atoms with van der Waals surface area (Å²) in [7, 11) is 5.02. The number of benzene rings is 2. The number of hydrogen-bond acceptors (Lipinski definition) is 5. The number of guanidine groups is 1. The number of ether oxygens (including phenoxy) is 2. The minimum absolute atomic E-state index is 0. The van der Waals surface area contributed by atoms with Crippen molar-refractivity contribution in [3.05, 3.63) is 53.8 Å². The van der Waals surface area contributed by atoms with Gasteiger partial charge >= 0.3 is 0 Å². The van der Waals surface area contributed by atoms with Crippen LogP contribution in [-0.4, -0.2) is 75.7 Å². The van der Waals surface area contributed by atoms with Crippen molar-refractivity contribution in [2.24, 2.45) is 4.99 Å². The molecule has 33 heavy (non-hydrogen) atoms. The number of carbonyl (C=O) groups is 1. The molecule has 1 heterocycles. The van der Waals surface area contributed by atoms with Gasteiger partial charge in [0, 0.05) is 51.0 Å². The van der Waals surface area contributed by atoms with Crippen molar-refractivity contribution in [3.63, 3.8) is 0 Å². The number of aliphatic imine (C=N–C) groups is 1. The molecule has 0 unspecified atom stereocenters. The molecule has 1 amide bonds. The molecule has 1 fully saturated rings. The van der Waals surface area contributed by atoms with Gasteiger partial charge in [-0.2, -0.15) is 0 Å². The van der Waals surface area contributed by atoms with E-state index >= 15 is 0 Å². The van der Waals surface area contributed by atoms with Gasteiger partial charge in [0.15, 0.2) is 5.96 Å². The Labute approximate surface area is 211 Å². The third-order valence-corrected chi connectivity index (χ3v) is 5.28. The molecular weight excluding hydrogens is 540 g/mol. The lowest BCUT2D eigenvalue weighted by Crippen LogP contribution is -2.53. The number of methoxy groups -OCH3 is 2. The molecule has 0 aromatic heterocycles. The van der Waals surface area contributed by atoms with Gasteiger partial charge in [0.25, 0.3) is 0 Å². The van der Waals surface area contributed by atoms with Crippen LogP contribution < -0.4 is 20.1 Å². The summed E-state index contributed by atoms with van der Waals surface area (Å²) >= 11 is 0. The van der Waals surface area contributed by atoms with Crippen LogP contribution in [0.3, 0.4) is 0 Å². The molecule has 0 saturated carbocycles. The summed E-state index contributed by atoms with van der Waals surface area (Å²) in [4.78, 5) is 21.0. The molecule has 0 aliphatic carbocycles. The van der Waals surface area contributed by atoms with Crippen molar-refractivity contribution in [3.8, 4) is 11.5 Å². The van der Waals surface area contributed by atoms with E-state index in [9.17, 15) is 9.18 Å². The maximum Gasteiger partial charge on any atom is 0.243 e. The summed E-state index contributed by atoms with van der Waals surface area (Å²) < 4.78 is 24.1. The number of nitrogens with one attached hydrogen (secondary N) is 2. The Balaban J connectivity index is 0.00000385. The Hall–Kier alpha value is -2.60. The van der Waals surface area contributed by atoms with Gasteiger partial charge in [0.05, 0.1) is 20.8 Å². The number of rotatable bonds is 7. The van der Waals surface area contributed by atoms with Crippen molar-refractivity contribution in [1.29, 1.82) is 0 Å². The molecule has 10 heteroatoms. The first-order valence-electron chi connectivity index (χ1n) is 10.5. The highest BCUT2D eigenvalue weighted by Gasteiger charge is 2.21. The van der Waals surface area contributed by atoms with Crippen molar-refractivity contribution in [1.82, 2.24) is 15.1 Å². The van der Waals surface area contributed by atoms with Crippen LogP contribution in [0.15, 0.2) is 47.5 Å². The molecule has 0 radical (unpaired) electrons. The lowest BCUT2D eigenvalue weighted by Gasteiger charge is -2.36. The van der Waals surface area contributed by atoms with E-state index in [4.69, 9.17) is 9.47 Å². The van der Waals surface area contributed by atoms with Crippen LogP contribution in [0.1, 0.15) is 5.56 Å². The van der Waals surface area contributed by atoms with E-state index in [0.717, 1.165) is 49.8 Å². The van der Waals surface area contributed by atoms with Gasteiger partial charge in [-0.25, -0.2) is 4.39 Å². The molecule has 2 N–H and O–H groups in total. The van der Waals surface area contributed by atoms with Crippen LogP contribution in [0.4, 0.5) is 10.1 Å². The summed E-state index contributed by atoms with van der Waals surface area (Å²) in [5.74, 6) is 1.66. The predicted molar refractivity (Wildman–Crippen MR) is 138 cm³/mol. The third kappa shape index (κ3) is 7.74. The lowest BCUT2D eigenvalue weighted by molar-refractivity contribution is -0.115. The molecule has 180 valence electrons. The third-order valence-electron chi connectivity index (χ3n) is 5.28. The Morgan fingerprint density at radius 3 is 2.48 bits per heavy atom. The maximum absolute atomic E-state index is 13.3. The molecule has 1 aliphatic heterocycles. The number of amides is 1. The number of carbonyl (C=O) groups excluding carboxylic acids is 1. The van der Waals surface area contributed by atoms with E-state index in [2.05, 4.69) is 25.4 Å². The number of piperazine rings is 1. The summed E-state index contributed by atoms with van der Waals surface area (Å²) in [6.07, 6.45) is 0. The van der Waals surface area contributed by atoms with Crippen molar-refractivity contribution in [2.75, 3.05) is 59.3 Å². The molecule has 1 saturated heterocycles. The highest BCUT2D eigenvalue weighted by Crippen LogP contribution is 2.25. The van der Waals surface area contributed by atoms with Gasteiger partial charge in [-0.05, 0) is 36.4 Å². The molecular formula is C23H31FIN5O3. The molecule has 8 nitrogen and oxygen atoms in total. The predicted octanol–water partition coefficient (Wildman–Crippen LogP) is 2.79. The van der Waals surface area contributed by atoms with E-state index in [0.29, 0.717) is 11.6 Å². The first-order chi connectivity index (χ1) is 15.5. The number of hydrogen-bond donors (Lipinski definition) is 2. The second-order valence-corrected chi connectivity index (χ2v) is 7.40. The second kappa shape index (κ2) is 13.2. The topological polar surface area (TPSA) is 78.4 Å². The van der Waals surface area contributed by atoms with Crippen molar-refractivity contribution in [2.45, 2.75) is 6.54 Å². The van der Waals surface area contributed by atoms with E-state index in [1.807, 2.05) is 18.2 Å². The molecule has 3 rings (SSSR count). The van der Waals surface area contributed by atoms with E-state index in [-0.39, 0.29) is 36.4 Å². The Morgan fingerprint density at radius 2 is 1.85 bits per heavy atom. The van der Waals surface area contributed by atoms with Gasteiger partial charge in [-0.1, -0.05) is 6.07 Å². The number of anilines is 1. The standard InChI is InChI=1S/C23H30FN5O3.HI/c1-25-23(26-15-22(30)27-19-6-4-5-18(24)14-19)29-11-9-28(10-12-29)16-17-13-20(31-2)7-8-21(17)32-3;/h4-8,13-14H,9-12,15-16H2,1-3H3,(H,25,26)(H,27,30);1H. The van der Waals surface area contributed by atoms with Gasteiger partial charge in [0.1, 0.15) is 17.3 Å². The Kier molecular flexibility index (Phi) is 10.7. The van der Waals surface area contributed by atoms with E-state index in [1.165, 1.54) is 12.1 Å². The number of halogens is 2. The fraction of sp³-hybridized carbons (Fsp3) is 0.391. The second-order valence-electron chi connectivity index (χ2n) is 7.40. The molecule has 0 spiro atoms. The monoisotopic (exact) mass is 571 g/mol. The highest BCUT2D eigenvalue weighted by molar-refractivity contribution is 14.0. The van der Waals surface area contributed by atoms with Gasteiger partial charge < -0.3 is 25.0 Å². The highest BCUT2D eigenvalue weighted by atomic mass is 127. The smallest absolute Gasteiger partial charge is 0.243 e.